The van der Waals surface area contributed by atoms with Gasteiger partial charge >= 0.3 is 0 Å². The molecule has 7 heteroatoms. The molecular weight excluding hydrogens is 328 g/mol. The lowest BCUT2D eigenvalue weighted by Gasteiger charge is -2.36. The summed E-state index contributed by atoms with van der Waals surface area (Å²) < 4.78 is 34.2. The Labute approximate surface area is 143 Å². The second-order valence-electron chi connectivity index (χ2n) is 6.88. The van der Waals surface area contributed by atoms with E-state index in [0.717, 1.165) is 23.3 Å². The van der Waals surface area contributed by atoms with E-state index >= 15 is 0 Å². The van der Waals surface area contributed by atoms with Gasteiger partial charge in [0, 0.05) is 37.1 Å². The second kappa shape index (κ2) is 5.11. The van der Waals surface area contributed by atoms with Gasteiger partial charge in [0.15, 0.2) is 0 Å². The van der Waals surface area contributed by atoms with Gasteiger partial charge < -0.3 is 14.7 Å². The van der Waals surface area contributed by atoms with Gasteiger partial charge in [-0.05, 0) is 18.1 Å². The van der Waals surface area contributed by atoms with Gasteiger partial charge in [0.1, 0.15) is 11.4 Å². The third-order valence-corrected chi connectivity index (χ3v) is 5.15. The predicted molar refractivity (Wildman–Crippen MR) is 87.1 cm³/mol. The predicted octanol–water partition coefficient (Wildman–Crippen LogP) is 2.30. The van der Waals surface area contributed by atoms with Crippen LogP contribution in [0.3, 0.4) is 0 Å². The number of halogens is 2. The molecule has 3 heterocycles. The Balaban J connectivity index is 1.65. The van der Waals surface area contributed by atoms with Gasteiger partial charge in [0.05, 0.1) is 18.4 Å². The molecular formula is C18H17F2N3O2. The van der Waals surface area contributed by atoms with Gasteiger partial charge in [0.25, 0.3) is 5.92 Å². The maximum atomic E-state index is 14.3. The van der Waals surface area contributed by atoms with E-state index in [4.69, 9.17) is 4.74 Å². The first kappa shape index (κ1) is 15.0. The Morgan fingerprint density at radius 2 is 2.04 bits per heavy atom. The Bertz CT molecular complexity index is 866. The van der Waals surface area contributed by atoms with Crippen molar-refractivity contribution in [3.05, 3.63) is 35.0 Å². The number of benzene rings is 1. The number of rotatable bonds is 2. The van der Waals surface area contributed by atoms with Crippen molar-refractivity contribution in [2.75, 3.05) is 24.6 Å². The zero-order valence-corrected chi connectivity index (χ0v) is 13.5. The maximum absolute atomic E-state index is 14.3. The van der Waals surface area contributed by atoms with Crippen molar-refractivity contribution >= 4 is 5.95 Å². The van der Waals surface area contributed by atoms with Crippen LogP contribution in [0.2, 0.25) is 0 Å². The average molecular weight is 345 g/mol. The van der Waals surface area contributed by atoms with Gasteiger partial charge in [-0.2, -0.15) is 8.78 Å². The normalized spacial score (nSPS) is 20.8. The number of hydrogen-bond acceptors (Lipinski definition) is 5. The third-order valence-electron chi connectivity index (χ3n) is 5.15. The van der Waals surface area contributed by atoms with Crippen LogP contribution < -0.4 is 9.64 Å². The summed E-state index contributed by atoms with van der Waals surface area (Å²) in [6.45, 7) is 1.39. The summed E-state index contributed by atoms with van der Waals surface area (Å²) in [5.41, 5.74) is 2.81. The highest BCUT2D eigenvalue weighted by Gasteiger charge is 2.44. The van der Waals surface area contributed by atoms with Crippen LogP contribution >= 0.6 is 0 Å². The minimum Gasteiger partial charge on any atom is -0.493 e. The van der Waals surface area contributed by atoms with Crippen molar-refractivity contribution in [3.63, 3.8) is 0 Å². The summed E-state index contributed by atoms with van der Waals surface area (Å²) in [4.78, 5) is 10.4. The van der Waals surface area contributed by atoms with E-state index in [0.29, 0.717) is 31.0 Å². The molecule has 0 bridgehead atoms. The van der Waals surface area contributed by atoms with Crippen LogP contribution in [0.5, 0.6) is 5.75 Å². The maximum Gasteiger partial charge on any atom is 0.290 e. The molecule has 1 aromatic carbocycles. The summed E-state index contributed by atoms with van der Waals surface area (Å²) in [6.07, 6.45) is 0.442. The number of alkyl halides is 2. The highest BCUT2D eigenvalue weighted by atomic mass is 19.3. The Hall–Kier alpha value is -2.28. The molecule has 0 unspecified atom stereocenters. The van der Waals surface area contributed by atoms with Crippen molar-refractivity contribution in [2.24, 2.45) is 0 Å². The first-order valence-electron chi connectivity index (χ1n) is 8.49. The summed E-state index contributed by atoms with van der Waals surface area (Å²) in [5, 5.41) is 9.51. The van der Waals surface area contributed by atoms with Crippen LogP contribution in [0.4, 0.5) is 14.7 Å². The zero-order valence-electron chi connectivity index (χ0n) is 13.5. The van der Waals surface area contributed by atoms with E-state index in [1.807, 2.05) is 18.2 Å². The number of aliphatic hydroxyl groups excluding tert-OH is 1. The smallest absolute Gasteiger partial charge is 0.290 e. The quantitative estimate of drug-likeness (QED) is 0.905. The molecule has 0 atom stereocenters. The Kier molecular flexibility index (Phi) is 3.07. The molecule has 130 valence electrons. The molecule has 25 heavy (non-hydrogen) atoms. The van der Waals surface area contributed by atoms with E-state index in [1.54, 1.807) is 4.90 Å². The number of β-amino-alcohol motifs (C(OH)–C–C–N with tert-alkyl or cyclic N) is 1. The third kappa shape index (κ3) is 2.29. The van der Waals surface area contributed by atoms with Gasteiger partial charge in [0.2, 0.25) is 5.95 Å². The zero-order chi connectivity index (χ0) is 17.2. The van der Waals surface area contributed by atoms with Gasteiger partial charge in [-0.3, -0.25) is 0 Å². The molecule has 0 spiro atoms. The van der Waals surface area contributed by atoms with Crippen LogP contribution in [-0.2, 0) is 18.8 Å². The topological polar surface area (TPSA) is 58.5 Å². The highest BCUT2D eigenvalue weighted by molar-refractivity contribution is 5.69. The lowest BCUT2D eigenvalue weighted by Crippen LogP contribution is -2.51. The largest absolute Gasteiger partial charge is 0.493 e. The lowest BCUT2D eigenvalue weighted by molar-refractivity contribution is -0.00596. The van der Waals surface area contributed by atoms with Gasteiger partial charge in [-0.1, -0.05) is 12.1 Å². The standard InChI is InChI=1S/C18H17F2N3O2/c19-18(20)5-3-13-15(11-2-1-10-4-6-25-14(10)7-11)21-17(22-16(13)18)23-8-12(24)9-23/h1-2,7,12,24H,3-6,8-9H2. The molecule has 1 saturated heterocycles. The van der Waals surface area contributed by atoms with Crippen LogP contribution in [0.25, 0.3) is 11.3 Å². The molecule has 0 amide bonds. The number of hydrogen-bond donors (Lipinski definition) is 1. The van der Waals surface area contributed by atoms with Crippen LogP contribution in [-0.4, -0.2) is 40.9 Å². The minimum atomic E-state index is -2.93. The summed E-state index contributed by atoms with van der Waals surface area (Å²) in [7, 11) is 0. The van der Waals surface area contributed by atoms with Crippen LogP contribution in [0.15, 0.2) is 18.2 Å². The van der Waals surface area contributed by atoms with Crippen LogP contribution in [0, 0.1) is 0 Å². The van der Waals surface area contributed by atoms with E-state index in [1.165, 1.54) is 0 Å². The molecule has 3 aliphatic rings. The number of fused-ring (bicyclic) bond motifs is 2. The van der Waals surface area contributed by atoms with Crippen molar-refractivity contribution in [2.45, 2.75) is 31.3 Å². The first-order chi connectivity index (χ1) is 12.0. The molecule has 1 aromatic heterocycles. The van der Waals surface area contributed by atoms with E-state index in [2.05, 4.69) is 9.97 Å². The number of aromatic nitrogens is 2. The van der Waals surface area contributed by atoms with Crippen molar-refractivity contribution in [3.8, 4) is 17.0 Å². The molecule has 5 nitrogen and oxygen atoms in total. The summed E-state index contributed by atoms with van der Waals surface area (Å²) in [6, 6.07) is 5.78. The van der Waals surface area contributed by atoms with Crippen molar-refractivity contribution < 1.29 is 18.6 Å². The highest BCUT2D eigenvalue weighted by Crippen LogP contribution is 2.45. The van der Waals surface area contributed by atoms with Crippen molar-refractivity contribution in [1.82, 2.24) is 9.97 Å². The number of aliphatic hydroxyl groups is 1. The molecule has 0 saturated carbocycles. The van der Waals surface area contributed by atoms with Gasteiger partial charge in [-0.15, -0.1) is 0 Å². The first-order valence-corrected chi connectivity index (χ1v) is 8.49. The molecule has 2 aromatic rings. The van der Waals surface area contributed by atoms with E-state index in [-0.39, 0.29) is 24.5 Å². The Morgan fingerprint density at radius 1 is 1.20 bits per heavy atom. The number of ether oxygens (including phenoxy) is 1. The minimum absolute atomic E-state index is 0.171. The van der Waals surface area contributed by atoms with E-state index < -0.39 is 12.0 Å². The fraction of sp³-hybridized carbons (Fsp3) is 0.444. The molecule has 2 aliphatic heterocycles. The summed E-state index contributed by atoms with van der Waals surface area (Å²) >= 11 is 0. The number of nitrogens with zero attached hydrogens (tertiary/aromatic N) is 3. The second-order valence-corrected chi connectivity index (χ2v) is 6.88. The Morgan fingerprint density at radius 3 is 2.84 bits per heavy atom. The van der Waals surface area contributed by atoms with Crippen molar-refractivity contribution in [1.29, 1.82) is 0 Å². The molecule has 1 fully saturated rings. The monoisotopic (exact) mass is 345 g/mol. The lowest BCUT2D eigenvalue weighted by atomic mass is 10.0. The SMILES string of the molecule is OC1CN(c2nc(-c3ccc4c(c3)OCC4)c3c(n2)C(F)(F)CC3)C1. The molecule has 1 N–H and O–H groups in total. The molecule has 5 rings (SSSR count). The summed E-state index contributed by atoms with van der Waals surface area (Å²) in [5.74, 6) is -1.86. The fourth-order valence-electron chi connectivity index (χ4n) is 3.72. The average Bonchev–Trinajstić information content (AvgIpc) is 3.15. The number of anilines is 1. The van der Waals surface area contributed by atoms with Gasteiger partial charge in [-0.25, -0.2) is 9.97 Å². The van der Waals surface area contributed by atoms with Crippen LogP contribution in [0.1, 0.15) is 23.2 Å². The fourth-order valence-corrected chi connectivity index (χ4v) is 3.72. The molecule has 0 radical (unpaired) electrons. The molecule has 1 aliphatic carbocycles. The van der Waals surface area contributed by atoms with E-state index in [9.17, 15) is 13.9 Å².